The summed E-state index contributed by atoms with van der Waals surface area (Å²) in [5.74, 6) is 0.970. The highest BCUT2D eigenvalue weighted by Gasteiger charge is 2.44. The highest BCUT2D eigenvalue weighted by Crippen LogP contribution is 2.46. The quantitative estimate of drug-likeness (QED) is 0.291. The molecule has 0 saturated carbocycles. The van der Waals surface area contributed by atoms with Gasteiger partial charge in [0.2, 0.25) is 12.7 Å². The second-order valence-corrected chi connectivity index (χ2v) is 10.1. The summed E-state index contributed by atoms with van der Waals surface area (Å²) in [7, 11) is 0. The smallest absolute Gasteiger partial charge is 0.255 e. The van der Waals surface area contributed by atoms with E-state index in [1.165, 1.54) is 0 Å². The second-order valence-electron chi connectivity index (χ2n) is 10.1. The molecule has 1 aromatic heterocycles. The van der Waals surface area contributed by atoms with Crippen LogP contribution in [0.25, 0.3) is 22.2 Å². The molecule has 3 heterocycles. The number of carbonyl (C=O) groups is 2. The maximum Gasteiger partial charge on any atom is 0.255 e. The number of nitrogens with zero attached hydrogens (tertiary/aromatic N) is 1. The topological polar surface area (TPSA) is 83.7 Å². The van der Waals surface area contributed by atoms with Crippen molar-refractivity contribution in [2.75, 3.05) is 6.79 Å². The number of ether oxygens (including phenoxy) is 2. The van der Waals surface area contributed by atoms with Crippen molar-refractivity contribution < 1.29 is 19.1 Å². The molecular weight excluding hydrogens is 502 g/mol. The van der Waals surface area contributed by atoms with E-state index in [1.54, 1.807) is 11.8 Å². The number of rotatable bonds is 6. The van der Waals surface area contributed by atoms with Crippen LogP contribution in [-0.4, -0.2) is 34.5 Å². The van der Waals surface area contributed by atoms with Crippen molar-refractivity contribution in [1.29, 1.82) is 0 Å². The van der Waals surface area contributed by atoms with Gasteiger partial charge < -0.3 is 24.7 Å². The third-order valence-corrected chi connectivity index (χ3v) is 7.78. The van der Waals surface area contributed by atoms with E-state index in [9.17, 15) is 9.59 Å². The van der Waals surface area contributed by atoms with Gasteiger partial charge in [0.05, 0.1) is 11.7 Å². The molecule has 2 aliphatic heterocycles. The minimum Gasteiger partial charge on any atom is -0.454 e. The van der Waals surface area contributed by atoms with E-state index in [1.807, 2.05) is 78.9 Å². The predicted octanol–water partition coefficient (Wildman–Crippen LogP) is 5.81. The number of benzene rings is 4. The zero-order valence-corrected chi connectivity index (χ0v) is 21.9. The van der Waals surface area contributed by atoms with Gasteiger partial charge in [0, 0.05) is 28.6 Å². The van der Waals surface area contributed by atoms with Crippen LogP contribution in [0.2, 0.25) is 0 Å². The summed E-state index contributed by atoms with van der Waals surface area (Å²) in [6, 6.07) is 30.3. The Bertz CT molecular complexity index is 1760. The summed E-state index contributed by atoms with van der Waals surface area (Å²) < 4.78 is 10.9. The normalized spacial score (nSPS) is 16.3. The third kappa shape index (κ3) is 3.90. The fourth-order valence-corrected chi connectivity index (χ4v) is 5.82. The van der Waals surface area contributed by atoms with E-state index in [4.69, 9.17) is 9.47 Å². The molecule has 0 spiro atoms. The molecule has 0 fully saturated rings. The van der Waals surface area contributed by atoms with Crippen molar-refractivity contribution in [1.82, 2.24) is 15.2 Å². The van der Waals surface area contributed by atoms with Crippen LogP contribution >= 0.6 is 0 Å². The molecule has 7 nitrogen and oxygen atoms in total. The van der Waals surface area contributed by atoms with Gasteiger partial charge in [-0.3, -0.25) is 9.59 Å². The molecule has 4 aromatic carbocycles. The van der Waals surface area contributed by atoms with Gasteiger partial charge in [-0.05, 0) is 47.9 Å². The van der Waals surface area contributed by atoms with Gasteiger partial charge in [0.1, 0.15) is 6.04 Å². The number of H-pyrrole nitrogens is 1. The number of nitrogens with one attached hydrogen (secondary N) is 2. The summed E-state index contributed by atoms with van der Waals surface area (Å²) in [6.07, 6.45) is 0. The minimum absolute atomic E-state index is 0.157. The molecule has 40 heavy (non-hydrogen) atoms. The first kappa shape index (κ1) is 24.0. The average molecular weight is 530 g/mol. The Morgan fingerprint density at radius 3 is 2.58 bits per heavy atom. The van der Waals surface area contributed by atoms with Crippen LogP contribution in [0.1, 0.15) is 40.0 Å². The molecular formula is C33H27N3O4. The van der Waals surface area contributed by atoms with Crippen molar-refractivity contribution in [2.24, 2.45) is 0 Å². The van der Waals surface area contributed by atoms with Gasteiger partial charge in [-0.1, -0.05) is 72.8 Å². The van der Waals surface area contributed by atoms with Gasteiger partial charge in [-0.15, -0.1) is 0 Å². The van der Waals surface area contributed by atoms with Gasteiger partial charge in [0.15, 0.2) is 11.5 Å². The molecule has 198 valence electrons. The standard InChI is InChI=1S/C33H27N3O4/c1-20(32(37)34-18-21-15-16-27-28(17-21)40-19-39-27)36-31(23-11-5-6-12-24(23)33(36)38)29-25-13-7-8-14-26(25)35-30(29)22-9-3-2-4-10-22/h2-17,20,31,35H,18-19H2,1H3,(H,34,37). The summed E-state index contributed by atoms with van der Waals surface area (Å²) in [4.78, 5) is 32.9. The number of fused-ring (bicyclic) bond motifs is 3. The summed E-state index contributed by atoms with van der Waals surface area (Å²) in [5, 5.41) is 4.05. The van der Waals surface area contributed by atoms with Crippen LogP contribution in [0.5, 0.6) is 11.5 Å². The van der Waals surface area contributed by atoms with Gasteiger partial charge in [-0.25, -0.2) is 0 Å². The number of hydrogen-bond donors (Lipinski definition) is 2. The molecule has 2 atom stereocenters. The minimum atomic E-state index is -0.726. The molecule has 0 aliphatic carbocycles. The number of para-hydroxylation sites is 1. The Hall–Kier alpha value is -5.04. The molecule has 2 aliphatic rings. The van der Waals surface area contributed by atoms with Crippen LogP contribution < -0.4 is 14.8 Å². The van der Waals surface area contributed by atoms with E-state index >= 15 is 0 Å². The molecule has 0 radical (unpaired) electrons. The predicted molar refractivity (Wildman–Crippen MR) is 152 cm³/mol. The molecule has 7 heteroatoms. The van der Waals surface area contributed by atoms with Gasteiger partial charge in [0.25, 0.3) is 5.91 Å². The van der Waals surface area contributed by atoms with E-state index in [0.29, 0.717) is 23.6 Å². The highest BCUT2D eigenvalue weighted by molar-refractivity contribution is 6.04. The first-order valence-corrected chi connectivity index (χ1v) is 13.3. The largest absolute Gasteiger partial charge is 0.454 e. The molecule has 0 bridgehead atoms. The summed E-state index contributed by atoms with van der Waals surface area (Å²) in [5.41, 5.74) is 6.32. The maximum absolute atomic E-state index is 13.9. The van der Waals surface area contributed by atoms with Gasteiger partial charge in [-0.2, -0.15) is 0 Å². The SMILES string of the molecule is CC(C(=O)NCc1ccc2c(c1)OCO2)N1C(=O)c2ccccc2C1c1c(-c2ccccc2)[nH]c2ccccc12. The van der Waals surface area contributed by atoms with Crippen molar-refractivity contribution in [3.63, 3.8) is 0 Å². The fourth-order valence-electron chi connectivity index (χ4n) is 5.82. The monoisotopic (exact) mass is 529 g/mol. The van der Waals surface area contributed by atoms with Crippen molar-refractivity contribution >= 4 is 22.7 Å². The Labute approximate surface area is 231 Å². The Balaban J connectivity index is 1.28. The molecule has 2 amide bonds. The lowest BCUT2D eigenvalue weighted by atomic mass is 9.92. The first-order valence-electron chi connectivity index (χ1n) is 13.3. The number of carbonyl (C=O) groups excluding carboxylic acids is 2. The molecule has 7 rings (SSSR count). The van der Waals surface area contributed by atoms with E-state index in [0.717, 1.165) is 38.9 Å². The number of hydrogen-bond acceptors (Lipinski definition) is 4. The third-order valence-electron chi connectivity index (χ3n) is 7.78. The van der Waals surface area contributed by atoms with Crippen molar-refractivity contribution in [3.05, 3.63) is 119 Å². The van der Waals surface area contributed by atoms with Gasteiger partial charge >= 0.3 is 0 Å². The summed E-state index contributed by atoms with van der Waals surface area (Å²) in [6.45, 7) is 2.30. The maximum atomic E-state index is 13.9. The van der Waals surface area contributed by atoms with E-state index in [2.05, 4.69) is 28.5 Å². The number of aromatic amines is 1. The van der Waals surface area contributed by atoms with Crippen LogP contribution in [0.4, 0.5) is 0 Å². The Morgan fingerprint density at radius 1 is 0.950 bits per heavy atom. The molecule has 5 aromatic rings. The fraction of sp³-hybridized carbons (Fsp3) is 0.152. The molecule has 2 unspecified atom stereocenters. The van der Waals surface area contributed by atoms with Crippen LogP contribution in [0.15, 0.2) is 97.1 Å². The van der Waals surface area contributed by atoms with E-state index in [-0.39, 0.29) is 18.6 Å². The van der Waals surface area contributed by atoms with Crippen LogP contribution in [0, 0.1) is 0 Å². The van der Waals surface area contributed by atoms with Crippen molar-refractivity contribution in [2.45, 2.75) is 25.6 Å². The average Bonchev–Trinajstić information content (AvgIpc) is 3.70. The Morgan fingerprint density at radius 2 is 1.70 bits per heavy atom. The zero-order valence-electron chi connectivity index (χ0n) is 21.9. The highest BCUT2D eigenvalue weighted by atomic mass is 16.7. The second kappa shape index (κ2) is 9.61. The lowest BCUT2D eigenvalue weighted by Crippen LogP contribution is -2.46. The van der Waals surface area contributed by atoms with E-state index < -0.39 is 12.1 Å². The lowest BCUT2D eigenvalue weighted by molar-refractivity contribution is -0.125. The molecule has 2 N–H and O–H groups in total. The van der Waals surface area contributed by atoms with Crippen LogP contribution in [0.3, 0.4) is 0 Å². The van der Waals surface area contributed by atoms with Crippen molar-refractivity contribution in [3.8, 4) is 22.8 Å². The number of aromatic nitrogens is 1. The zero-order chi connectivity index (χ0) is 27.2. The van der Waals surface area contributed by atoms with Crippen LogP contribution in [-0.2, 0) is 11.3 Å². The first-order chi connectivity index (χ1) is 19.6. The Kier molecular flexibility index (Phi) is 5.77. The summed E-state index contributed by atoms with van der Waals surface area (Å²) >= 11 is 0. The molecule has 0 saturated heterocycles. The lowest BCUT2D eigenvalue weighted by Gasteiger charge is -2.31. The number of amides is 2.